The number of phenols is 1. The number of aromatic hydroxyl groups is 1. The molecule has 0 amide bonds. The molecule has 92 valence electrons. The minimum absolute atomic E-state index is 0.0382. The van der Waals surface area contributed by atoms with Crippen LogP contribution >= 0.6 is 59.1 Å². The Bertz CT molecular complexity index is 675. The van der Waals surface area contributed by atoms with E-state index in [1.165, 1.54) is 12.1 Å². The van der Waals surface area contributed by atoms with Crippen molar-refractivity contribution in [2.24, 2.45) is 0 Å². The number of alkyl halides is 3. The lowest BCUT2D eigenvalue weighted by molar-refractivity contribution is 0.476. The van der Waals surface area contributed by atoms with E-state index in [0.29, 0.717) is 10.2 Å². The number of nitrogens with zero attached hydrogens (tertiary/aromatic N) is 1. The monoisotopic (exact) mass is 463 g/mol. The zero-order chi connectivity index (χ0) is 12.8. The quantitative estimate of drug-likeness (QED) is 0.654. The van der Waals surface area contributed by atoms with Gasteiger partial charge >= 0.3 is 0 Å². The van der Waals surface area contributed by atoms with Gasteiger partial charge < -0.3 is 5.11 Å². The molecule has 0 radical (unpaired) electrons. The van der Waals surface area contributed by atoms with Gasteiger partial charge in [0.05, 0.1) is 10.2 Å². The van der Waals surface area contributed by atoms with Crippen molar-refractivity contribution in [3.8, 4) is 5.75 Å². The Kier molecular flexibility index (Phi) is 3.59. The van der Waals surface area contributed by atoms with Gasteiger partial charge in [-0.25, -0.2) is 13.4 Å². The van der Waals surface area contributed by atoms with Gasteiger partial charge in [-0.2, -0.15) is 0 Å². The van der Waals surface area contributed by atoms with Gasteiger partial charge in [0.15, 0.2) is 0 Å². The summed E-state index contributed by atoms with van der Waals surface area (Å²) in [7, 11) is -3.68. The number of hydrogen-bond donors (Lipinski definition) is 1. The summed E-state index contributed by atoms with van der Waals surface area (Å²) in [6, 6.07) is 4.53. The molecule has 0 aliphatic heterocycles. The molecule has 0 atom stereocenters. The molecular weight excluding hydrogens is 462 g/mol. The maximum Gasteiger partial charge on any atom is 0.241 e. The Labute approximate surface area is 126 Å². The molecule has 2 rings (SSSR count). The maximum absolute atomic E-state index is 12.1. The first-order chi connectivity index (χ1) is 7.72. The Balaban J connectivity index is 2.66. The van der Waals surface area contributed by atoms with Gasteiger partial charge in [0.2, 0.25) is 15.7 Å². The van der Waals surface area contributed by atoms with Crippen LogP contribution in [0.4, 0.5) is 0 Å². The van der Waals surface area contributed by atoms with Crippen LogP contribution in [0.15, 0.2) is 22.5 Å². The lowest BCUT2D eigenvalue weighted by Crippen LogP contribution is -2.17. The molecule has 4 nitrogen and oxygen atoms in total. The van der Waals surface area contributed by atoms with Gasteiger partial charge in [-0.3, -0.25) is 0 Å². The van der Waals surface area contributed by atoms with Crippen molar-refractivity contribution in [1.82, 2.24) is 4.98 Å². The molecule has 0 spiro atoms. The van der Waals surface area contributed by atoms with E-state index in [0.717, 1.165) is 11.3 Å². The first-order valence-electron chi connectivity index (χ1n) is 4.13. The number of aromatic nitrogens is 1. The minimum Gasteiger partial charge on any atom is -0.508 e. The van der Waals surface area contributed by atoms with Gasteiger partial charge in [0, 0.05) is 6.07 Å². The molecule has 1 aromatic carbocycles. The van der Waals surface area contributed by atoms with E-state index in [1.54, 1.807) is 6.07 Å². The van der Waals surface area contributed by atoms with Crippen LogP contribution in [-0.2, 0) is 9.84 Å². The molecule has 1 heterocycles. The number of hydrogen-bond acceptors (Lipinski definition) is 5. The second-order valence-electron chi connectivity index (χ2n) is 3.08. The largest absolute Gasteiger partial charge is 0.508 e. The maximum atomic E-state index is 12.1. The van der Waals surface area contributed by atoms with E-state index in [4.69, 9.17) is 0 Å². The summed E-state index contributed by atoms with van der Waals surface area (Å²) in [5.41, 5.74) is 0.449. The highest BCUT2D eigenvalue weighted by molar-refractivity contribution is 9.42. The Morgan fingerprint density at radius 3 is 2.53 bits per heavy atom. The summed E-state index contributed by atoms with van der Waals surface area (Å²) in [6.07, 6.45) is 0. The van der Waals surface area contributed by atoms with Crippen LogP contribution in [0.2, 0.25) is 0 Å². The van der Waals surface area contributed by atoms with Gasteiger partial charge in [-0.05, 0) is 59.9 Å². The first-order valence-corrected chi connectivity index (χ1v) is 8.80. The van der Waals surface area contributed by atoms with Crippen LogP contribution in [0.5, 0.6) is 5.75 Å². The molecule has 2 aromatic rings. The zero-order valence-corrected chi connectivity index (χ0v) is 14.3. The number of benzene rings is 1. The van der Waals surface area contributed by atoms with Crippen LogP contribution in [0.25, 0.3) is 10.2 Å². The van der Waals surface area contributed by atoms with Crippen molar-refractivity contribution in [2.75, 3.05) is 0 Å². The lowest BCUT2D eigenvalue weighted by atomic mass is 10.3. The van der Waals surface area contributed by atoms with Crippen LogP contribution in [0.3, 0.4) is 0 Å². The molecule has 0 aliphatic carbocycles. The number of sulfone groups is 1. The summed E-state index contributed by atoms with van der Waals surface area (Å²) >= 11 is 9.95. The van der Waals surface area contributed by atoms with Crippen LogP contribution in [0.1, 0.15) is 0 Å². The van der Waals surface area contributed by atoms with Gasteiger partial charge in [0.25, 0.3) is 0 Å². The molecule has 0 saturated carbocycles. The summed E-state index contributed by atoms with van der Waals surface area (Å²) in [6.45, 7) is 0. The molecular formula is C8H4Br3NO3S2. The summed E-state index contributed by atoms with van der Waals surface area (Å²) in [5, 5.41) is 9.29. The minimum atomic E-state index is -3.68. The number of thiazole rings is 1. The fourth-order valence-corrected chi connectivity index (χ4v) is 5.63. The zero-order valence-electron chi connectivity index (χ0n) is 7.89. The third kappa shape index (κ3) is 2.53. The Morgan fingerprint density at radius 2 is 1.94 bits per heavy atom. The highest BCUT2D eigenvalue weighted by atomic mass is 80.0. The smallest absolute Gasteiger partial charge is 0.241 e. The molecule has 0 aliphatic rings. The predicted octanol–water partition coefficient (Wildman–Crippen LogP) is 3.57. The third-order valence-corrected chi connectivity index (χ3v) is 8.62. The van der Waals surface area contributed by atoms with Gasteiger partial charge in [0.1, 0.15) is 5.75 Å². The number of halogens is 3. The molecule has 0 saturated heterocycles. The average Bonchev–Trinajstić information content (AvgIpc) is 2.58. The molecule has 17 heavy (non-hydrogen) atoms. The summed E-state index contributed by atoms with van der Waals surface area (Å²) < 4.78 is 23.3. The van der Waals surface area contributed by atoms with E-state index in [1.807, 2.05) is 0 Å². The lowest BCUT2D eigenvalue weighted by Gasteiger charge is -2.09. The molecule has 9 heteroatoms. The SMILES string of the molecule is O=S(=O)(c1nc2cc(O)ccc2s1)C(Br)(Br)Br. The Hall–Kier alpha value is 0.300. The fourth-order valence-electron chi connectivity index (χ4n) is 1.11. The van der Waals surface area contributed by atoms with Crippen molar-refractivity contribution in [2.45, 2.75) is 5.81 Å². The van der Waals surface area contributed by atoms with Crippen molar-refractivity contribution in [3.63, 3.8) is 0 Å². The van der Waals surface area contributed by atoms with Crippen LogP contribution in [-0.4, -0.2) is 20.0 Å². The number of fused-ring (bicyclic) bond motifs is 1. The topological polar surface area (TPSA) is 67.3 Å². The van der Waals surface area contributed by atoms with Crippen molar-refractivity contribution >= 4 is 79.2 Å². The van der Waals surface area contributed by atoms with Crippen molar-refractivity contribution in [3.05, 3.63) is 18.2 Å². The molecule has 1 N–H and O–H groups in total. The van der Waals surface area contributed by atoms with E-state index >= 15 is 0 Å². The van der Waals surface area contributed by atoms with E-state index in [2.05, 4.69) is 52.8 Å². The Morgan fingerprint density at radius 1 is 1.29 bits per heavy atom. The van der Waals surface area contributed by atoms with Crippen molar-refractivity contribution in [1.29, 1.82) is 0 Å². The fraction of sp³-hybridized carbons (Fsp3) is 0.125. The van der Waals surface area contributed by atoms with Gasteiger partial charge in [-0.15, -0.1) is 11.3 Å². The average molecular weight is 466 g/mol. The molecule has 0 fully saturated rings. The second-order valence-corrected chi connectivity index (χ2v) is 14.7. The van der Waals surface area contributed by atoms with E-state index < -0.39 is 11.3 Å². The van der Waals surface area contributed by atoms with Gasteiger partial charge in [-0.1, -0.05) is 0 Å². The standard InChI is InChI=1S/C8H4Br3NO3S2/c9-8(10,11)17(14,15)7-12-5-3-4(13)1-2-6(5)16-7/h1-3,13H. The predicted molar refractivity (Wildman–Crippen MR) is 78.0 cm³/mol. The summed E-state index contributed by atoms with van der Waals surface area (Å²) in [4.78, 5) is 3.99. The second kappa shape index (κ2) is 4.44. The normalized spacial score (nSPS) is 13.1. The van der Waals surface area contributed by atoms with Crippen LogP contribution < -0.4 is 0 Å². The molecule has 1 aromatic heterocycles. The van der Waals surface area contributed by atoms with Crippen molar-refractivity contribution < 1.29 is 13.5 Å². The highest BCUT2D eigenvalue weighted by Crippen LogP contribution is 2.44. The number of phenolic OH excluding ortho intramolecular Hbond substituents is 1. The van der Waals surface area contributed by atoms with E-state index in [-0.39, 0.29) is 10.1 Å². The first kappa shape index (κ1) is 13.7. The molecule has 0 unspecified atom stereocenters. The number of rotatable bonds is 1. The molecule has 0 bridgehead atoms. The van der Waals surface area contributed by atoms with Crippen LogP contribution in [0, 0.1) is 0 Å². The summed E-state index contributed by atoms with van der Waals surface area (Å²) in [5.74, 6) is 0.0505. The van der Waals surface area contributed by atoms with E-state index in [9.17, 15) is 13.5 Å². The third-order valence-electron chi connectivity index (χ3n) is 1.89. The highest BCUT2D eigenvalue weighted by Gasteiger charge is 2.39.